The summed E-state index contributed by atoms with van der Waals surface area (Å²) in [5, 5.41) is 6.82. The number of rotatable bonds is 3. The molecule has 0 N–H and O–H groups in total. The highest BCUT2D eigenvalue weighted by Crippen LogP contribution is 1.98. The fourth-order valence-corrected chi connectivity index (χ4v) is 0.932. The molecule has 1 heterocycles. The molecule has 12 heavy (non-hydrogen) atoms. The number of amides is 1. The molecule has 0 saturated heterocycles. The standard InChI is InChI=1S/C7H11N3O2/c1-3-10(4-2)7(11)6-5-8-12-9-6/h5H,3-4H2,1-2H3. The molecule has 0 aliphatic carbocycles. The molecule has 1 aromatic rings. The molecule has 66 valence electrons. The lowest BCUT2D eigenvalue weighted by Crippen LogP contribution is -2.30. The lowest BCUT2D eigenvalue weighted by Gasteiger charge is -2.15. The first-order valence-corrected chi connectivity index (χ1v) is 3.86. The molecule has 0 radical (unpaired) electrons. The van der Waals surface area contributed by atoms with Crippen molar-refractivity contribution in [2.24, 2.45) is 0 Å². The van der Waals surface area contributed by atoms with Crippen molar-refractivity contribution < 1.29 is 9.42 Å². The zero-order valence-electron chi connectivity index (χ0n) is 7.15. The average molecular weight is 169 g/mol. The third-order valence-corrected chi connectivity index (χ3v) is 1.63. The van der Waals surface area contributed by atoms with E-state index >= 15 is 0 Å². The molecule has 0 aromatic carbocycles. The number of carbonyl (C=O) groups is 1. The zero-order chi connectivity index (χ0) is 8.97. The van der Waals surface area contributed by atoms with Crippen LogP contribution in [0.5, 0.6) is 0 Å². The summed E-state index contributed by atoms with van der Waals surface area (Å²) in [7, 11) is 0. The first kappa shape index (κ1) is 8.70. The van der Waals surface area contributed by atoms with E-state index in [4.69, 9.17) is 0 Å². The predicted molar refractivity (Wildman–Crippen MR) is 41.5 cm³/mol. The minimum absolute atomic E-state index is 0.138. The van der Waals surface area contributed by atoms with Crippen LogP contribution in [-0.2, 0) is 0 Å². The smallest absolute Gasteiger partial charge is 0.277 e. The maximum atomic E-state index is 11.4. The Bertz CT molecular complexity index is 241. The fraction of sp³-hybridized carbons (Fsp3) is 0.571. The number of aromatic nitrogens is 2. The van der Waals surface area contributed by atoms with Crippen LogP contribution in [-0.4, -0.2) is 34.2 Å². The maximum absolute atomic E-state index is 11.4. The van der Waals surface area contributed by atoms with E-state index in [0.717, 1.165) is 0 Å². The van der Waals surface area contributed by atoms with Gasteiger partial charge in [0.05, 0.1) is 0 Å². The third-order valence-electron chi connectivity index (χ3n) is 1.63. The molecule has 1 rings (SSSR count). The van der Waals surface area contributed by atoms with Crippen LogP contribution in [0.25, 0.3) is 0 Å². The Labute approximate surface area is 70.3 Å². The summed E-state index contributed by atoms with van der Waals surface area (Å²) in [5.41, 5.74) is 0.263. The minimum atomic E-state index is -0.138. The van der Waals surface area contributed by atoms with Gasteiger partial charge in [0, 0.05) is 13.1 Å². The van der Waals surface area contributed by atoms with Crippen LogP contribution in [0, 0.1) is 0 Å². The van der Waals surface area contributed by atoms with Crippen molar-refractivity contribution in [2.45, 2.75) is 13.8 Å². The molecular weight excluding hydrogens is 158 g/mol. The van der Waals surface area contributed by atoms with E-state index in [1.54, 1.807) is 4.90 Å². The molecule has 0 aliphatic heterocycles. The Balaban J connectivity index is 2.70. The van der Waals surface area contributed by atoms with Crippen LogP contribution >= 0.6 is 0 Å². The lowest BCUT2D eigenvalue weighted by atomic mass is 10.4. The number of hydrogen-bond acceptors (Lipinski definition) is 4. The van der Waals surface area contributed by atoms with Crippen molar-refractivity contribution >= 4 is 5.91 Å². The van der Waals surface area contributed by atoms with Crippen molar-refractivity contribution in [3.63, 3.8) is 0 Å². The molecule has 5 nitrogen and oxygen atoms in total. The van der Waals surface area contributed by atoms with Gasteiger partial charge < -0.3 is 4.90 Å². The SMILES string of the molecule is CCN(CC)C(=O)c1cnon1. The minimum Gasteiger partial charge on any atom is -0.338 e. The second-order valence-electron chi connectivity index (χ2n) is 2.27. The number of nitrogens with zero attached hydrogens (tertiary/aromatic N) is 3. The van der Waals surface area contributed by atoms with E-state index < -0.39 is 0 Å². The van der Waals surface area contributed by atoms with E-state index in [1.807, 2.05) is 13.8 Å². The summed E-state index contributed by atoms with van der Waals surface area (Å²) in [6.45, 7) is 5.16. The molecule has 0 aliphatic rings. The van der Waals surface area contributed by atoms with Gasteiger partial charge in [0.2, 0.25) is 0 Å². The van der Waals surface area contributed by atoms with Crippen LogP contribution in [0.4, 0.5) is 0 Å². The first-order chi connectivity index (χ1) is 5.79. The first-order valence-electron chi connectivity index (χ1n) is 3.86. The largest absolute Gasteiger partial charge is 0.338 e. The van der Waals surface area contributed by atoms with Crippen LogP contribution in [0.1, 0.15) is 24.3 Å². The summed E-state index contributed by atoms with van der Waals surface area (Å²) in [5.74, 6) is -0.138. The molecular formula is C7H11N3O2. The second kappa shape index (κ2) is 3.85. The summed E-state index contributed by atoms with van der Waals surface area (Å²) in [6, 6.07) is 0. The molecule has 1 aromatic heterocycles. The predicted octanol–water partition coefficient (Wildman–Crippen LogP) is 0.552. The van der Waals surface area contributed by atoms with Gasteiger partial charge in [-0.05, 0) is 19.0 Å². The second-order valence-corrected chi connectivity index (χ2v) is 2.27. The molecule has 0 saturated carbocycles. The van der Waals surface area contributed by atoms with Gasteiger partial charge in [-0.15, -0.1) is 0 Å². The fourth-order valence-electron chi connectivity index (χ4n) is 0.932. The van der Waals surface area contributed by atoms with E-state index in [2.05, 4.69) is 14.9 Å². The van der Waals surface area contributed by atoms with E-state index in [-0.39, 0.29) is 11.6 Å². The highest BCUT2D eigenvalue weighted by molar-refractivity contribution is 5.91. The van der Waals surface area contributed by atoms with Crippen molar-refractivity contribution in [1.82, 2.24) is 15.2 Å². The van der Waals surface area contributed by atoms with E-state index in [1.165, 1.54) is 6.20 Å². The Hall–Kier alpha value is -1.39. The van der Waals surface area contributed by atoms with Gasteiger partial charge >= 0.3 is 0 Å². The zero-order valence-corrected chi connectivity index (χ0v) is 7.15. The van der Waals surface area contributed by atoms with Crippen molar-refractivity contribution in [3.8, 4) is 0 Å². The Morgan fingerprint density at radius 2 is 2.25 bits per heavy atom. The lowest BCUT2D eigenvalue weighted by molar-refractivity contribution is 0.0762. The van der Waals surface area contributed by atoms with Gasteiger partial charge in [-0.2, -0.15) is 0 Å². The molecule has 1 amide bonds. The topological polar surface area (TPSA) is 59.2 Å². The number of carbonyl (C=O) groups excluding carboxylic acids is 1. The average Bonchev–Trinajstić information content (AvgIpc) is 2.58. The summed E-state index contributed by atoms with van der Waals surface area (Å²) < 4.78 is 4.33. The Morgan fingerprint density at radius 1 is 1.58 bits per heavy atom. The van der Waals surface area contributed by atoms with Gasteiger partial charge in [0.15, 0.2) is 5.69 Å². The summed E-state index contributed by atoms with van der Waals surface area (Å²) in [6.07, 6.45) is 1.32. The van der Waals surface area contributed by atoms with Gasteiger partial charge in [0.1, 0.15) is 6.20 Å². The monoisotopic (exact) mass is 169 g/mol. The van der Waals surface area contributed by atoms with Gasteiger partial charge in [-0.1, -0.05) is 5.16 Å². The van der Waals surface area contributed by atoms with E-state index in [0.29, 0.717) is 13.1 Å². The Morgan fingerprint density at radius 3 is 2.67 bits per heavy atom. The summed E-state index contributed by atoms with van der Waals surface area (Å²) >= 11 is 0. The Kier molecular flexibility index (Phi) is 2.79. The van der Waals surface area contributed by atoms with Crippen LogP contribution in [0.3, 0.4) is 0 Å². The van der Waals surface area contributed by atoms with Crippen molar-refractivity contribution in [2.75, 3.05) is 13.1 Å². The quantitative estimate of drug-likeness (QED) is 0.663. The van der Waals surface area contributed by atoms with Crippen molar-refractivity contribution in [3.05, 3.63) is 11.9 Å². The molecule has 5 heteroatoms. The molecule has 0 fully saturated rings. The third kappa shape index (κ3) is 1.61. The molecule has 0 bridgehead atoms. The van der Waals surface area contributed by atoms with Crippen LogP contribution in [0.15, 0.2) is 10.8 Å². The van der Waals surface area contributed by atoms with E-state index in [9.17, 15) is 4.79 Å². The number of hydrogen-bond donors (Lipinski definition) is 0. The van der Waals surface area contributed by atoms with Gasteiger partial charge in [-0.25, -0.2) is 4.63 Å². The highest BCUT2D eigenvalue weighted by atomic mass is 16.6. The van der Waals surface area contributed by atoms with Crippen molar-refractivity contribution in [1.29, 1.82) is 0 Å². The van der Waals surface area contributed by atoms with Crippen LogP contribution < -0.4 is 0 Å². The van der Waals surface area contributed by atoms with Gasteiger partial charge in [-0.3, -0.25) is 4.79 Å². The highest BCUT2D eigenvalue weighted by Gasteiger charge is 2.15. The molecule has 0 unspecified atom stereocenters. The van der Waals surface area contributed by atoms with Gasteiger partial charge in [0.25, 0.3) is 5.91 Å². The maximum Gasteiger partial charge on any atom is 0.277 e. The molecule has 0 spiro atoms. The normalized spacial score (nSPS) is 9.83. The summed E-state index contributed by atoms with van der Waals surface area (Å²) in [4.78, 5) is 13.1. The molecule has 0 atom stereocenters. The van der Waals surface area contributed by atoms with Crippen LogP contribution in [0.2, 0.25) is 0 Å².